The Labute approximate surface area is 473 Å². The highest BCUT2D eigenvalue weighted by Gasteiger charge is 2.44. The first kappa shape index (κ1) is 51.5. The van der Waals surface area contributed by atoms with Gasteiger partial charge >= 0.3 is 0 Å². The molecule has 0 unspecified atom stereocenters. The lowest BCUT2D eigenvalue weighted by Gasteiger charge is -2.40. The maximum Gasteiger partial charge on any atom is 0.256 e. The fraction of sp³-hybridized carbons (Fsp3) is 0.270. The zero-order valence-corrected chi connectivity index (χ0v) is 49.5. The fourth-order valence-corrected chi connectivity index (χ4v) is 12.6. The minimum Gasteiger partial charge on any atom is -0.458 e. The molecule has 6 heteroatoms. The van der Waals surface area contributed by atoms with Crippen LogP contribution in [-0.4, -0.2) is 11.3 Å². The molecule has 0 aliphatic carbocycles. The van der Waals surface area contributed by atoms with E-state index in [1.54, 1.807) is 0 Å². The number of ether oxygens (including phenoxy) is 1. The van der Waals surface area contributed by atoms with E-state index in [1.807, 2.05) is 0 Å². The van der Waals surface area contributed by atoms with Crippen molar-refractivity contribution in [1.82, 2.24) is 4.57 Å². The van der Waals surface area contributed by atoms with E-state index in [0.717, 1.165) is 89.6 Å². The summed E-state index contributed by atoms with van der Waals surface area (Å²) in [5.74, 6) is 1.68. The van der Waals surface area contributed by atoms with Gasteiger partial charge in [-0.25, -0.2) is 0 Å². The standard InChI is InChI=1S/C74H74BN3O2/c1-70(2,3)45-23-31-50(32-24-45)76(51-33-25-46(26-34-51)71(4,5)6)53-37-38-57-65(43-53)79-64-22-18-20-61-67(64)75(57)58-44-62(78-59-39-29-48(73(10,11)12)41-55(59)56-42-49(74(13,14)15)30-40-60(56)78)66-54-19-16-17-21-63(54)80-69(66)68(58)77(61)52-35-27-47(28-36-52)72(7,8)9/h16-44H,1-15H3. The number of benzene rings is 9. The summed E-state index contributed by atoms with van der Waals surface area (Å²) < 4.78 is 17.3. The molecule has 2 aliphatic rings. The van der Waals surface area contributed by atoms with E-state index in [0.29, 0.717) is 0 Å². The topological polar surface area (TPSA) is 33.8 Å². The van der Waals surface area contributed by atoms with Gasteiger partial charge in [-0.05, 0) is 162 Å². The lowest BCUT2D eigenvalue weighted by molar-refractivity contribution is 0.487. The second-order valence-electron chi connectivity index (χ2n) is 27.9. The Morgan fingerprint density at radius 1 is 0.400 bits per heavy atom. The van der Waals surface area contributed by atoms with Gasteiger partial charge in [-0.1, -0.05) is 183 Å². The molecule has 2 aliphatic heterocycles. The molecule has 0 saturated heterocycles. The van der Waals surface area contributed by atoms with Crippen LogP contribution in [0.15, 0.2) is 180 Å². The highest BCUT2D eigenvalue weighted by molar-refractivity contribution is 6.99. The van der Waals surface area contributed by atoms with Gasteiger partial charge in [0.1, 0.15) is 17.1 Å². The van der Waals surface area contributed by atoms with Gasteiger partial charge in [-0.2, -0.15) is 0 Å². The Hall–Kier alpha value is -7.96. The molecule has 11 aromatic rings. The van der Waals surface area contributed by atoms with Crippen LogP contribution >= 0.6 is 0 Å². The quantitative estimate of drug-likeness (QED) is 0.161. The second-order valence-corrected chi connectivity index (χ2v) is 27.9. The minimum atomic E-state index is -0.214. The number of furan rings is 1. The molecule has 4 heterocycles. The fourth-order valence-electron chi connectivity index (χ4n) is 12.6. The first-order valence-corrected chi connectivity index (χ1v) is 28.8. The predicted molar refractivity (Wildman–Crippen MR) is 342 cm³/mol. The molecular weight excluding hydrogens is 974 g/mol. The summed E-state index contributed by atoms with van der Waals surface area (Å²) in [5.41, 5.74) is 21.4. The van der Waals surface area contributed by atoms with Crippen molar-refractivity contribution in [3.05, 3.63) is 204 Å². The summed E-state index contributed by atoms with van der Waals surface area (Å²) in [6.45, 7) is 34.2. The van der Waals surface area contributed by atoms with Gasteiger partial charge in [-0.15, -0.1) is 0 Å². The molecule has 0 amide bonds. The van der Waals surface area contributed by atoms with Crippen molar-refractivity contribution in [3.63, 3.8) is 0 Å². The van der Waals surface area contributed by atoms with E-state index >= 15 is 0 Å². The number of aromatic nitrogens is 1. The number of nitrogens with zero attached hydrogens (tertiary/aromatic N) is 3. The lowest BCUT2D eigenvalue weighted by atomic mass is 9.34. The van der Waals surface area contributed by atoms with Crippen LogP contribution in [0.25, 0.3) is 49.4 Å². The highest BCUT2D eigenvalue weighted by Crippen LogP contribution is 2.50. The summed E-state index contributed by atoms with van der Waals surface area (Å²) in [6.07, 6.45) is 0. The first-order valence-electron chi connectivity index (χ1n) is 28.8. The Bertz CT molecular complexity index is 4150. The maximum atomic E-state index is 7.43. The van der Waals surface area contributed by atoms with Crippen LogP contribution in [0, 0.1) is 0 Å². The molecule has 400 valence electrons. The normalized spacial score (nSPS) is 13.7. The van der Waals surface area contributed by atoms with Crippen LogP contribution in [0.3, 0.4) is 0 Å². The average molecular weight is 1050 g/mol. The number of para-hydroxylation sites is 1. The van der Waals surface area contributed by atoms with E-state index in [2.05, 4.69) is 294 Å². The third kappa shape index (κ3) is 8.34. The minimum absolute atomic E-state index is 0.0163. The Kier molecular flexibility index (Phi) is 11.4. The van der Waals surface area contributed by atoms with Crippen LogP contribution in [0.2, 0.25) is 0 Å². The Morgan fingerprint density at radius 3 is 1.44 bits per heavy atom. The van der Waals surface area contributed by atoms with Gasteiger partial charge in [0.05, 0.1) is 27.8 Å². The zero-order chi connectivity index (χ0) is 56.2. The Morgan fingerprint density at radius 2 is 0.900 bits per heavy atom. The molecule has 0 saturated carbocycles. The molecule has 0 radical (unpaired) electrons. The molecule has 80 heavy (non-hydrogen) atoms. The monoisotopic (exact) mass is 1050 g/mol. The number of hydrogen-bond acceptors (Lipinski definition) is 4. The van der Waals surface area contributed by atoms with E-state index in [4.69, 9.17) is 9.15 Å². The van der Waals surface area contributed by atoms with Crippen LogP contribution in [0.5, 0.6) is 11.5 Å². The molecule has 0 atom stereocenters. The van der Waals surface area contributed by atoms with Gasteiger partial charge in [0.15, 0.2) is 5.58 Å². The number of fused-ring (bicyclic) bond motifs is 11. The highest BCUT2D eigenvalue weighted by atomic mass is 16.5. The largest absolute Gasteiger partial charge is 0.458 e. The number of hydrogen-bond donors (Lipinski definition) is 0. The van der Waals surface area contributed by atoms with Gasteiger partial charge in [0, 0.05) is 50.7 Å². The van der Waals surface area contributed by atoms with Crippen LogP contribution in [0.4, 0.5) is 34.1 Å². The third-order valence-corrected chi connectivity index (χ3v) is 17.2. The molecule has 0 bridgehead atoms. The summed E-state index contributed by atoms with van der Waals surface area (Å²) in [5, 5.41) is 4.67. The molecule has 2 aromatic heterocycles. The van der Waals surface area contributed by atoms with E-state index < -0.39 is 0 Å². The second kappa shape index (κ2) is 17.8. The molecular formula is C74H74BN3O2. The maximum absolute atomic E-state index is 7.43. The van der Waals surface area contributed by atoms with Crippen LogP contribution in [0.1, 0.15) is 132 Å². The third-order valence-electron chi connectivity index (χ3n) is 17.2. The average Bonchev–Trinajstić information content (AvgIpc) is 2.03. The van der Waals surface area contributed by atoms with E-state index in [1.165, 1.54) is 49.6 Å². The lowest BCUT2D eigenvalue weighted by Crippen LogP contribution is -2.59. The van der Waals surface area contributed by atoms with Crippen molar-refractivity contribution >= 4 is 101 Å². The van der Waals surface area contributed by atoms with Crippen molar-refractivity contribution in [2.24, 2.45) is 0 Å². The van der Waals surface area contributed by atoms with Crippen molar-refractivity contribution in [1.29, 1.82) is 0 Å². The Balaban J connectivity index is 1.10. The number of rotatable bonds is 5. The van der Waals surface area contributed by atoms with E-state index in [9.17, 15) is 0 Å². The zero-order valence-electron chi connectivity index (χ0n) is 49.5. The molecule has 0 spiro atoms. The molecule has 0 fully saturated rings. The van der Waals surface area contributed by atoms with Crippen molar-refractivity contribution in [2.45, 2.75) is 131 Å². The van der Waals surface area contributed by atoms with Crippen LogP contribution in [-0.2, 0) is 27.1 Å². The van der Waals surface area contributed by atoms with Crippen molar-refractivity contribution in [2.75, 3.05) is 9.80 Å². The summed E-state index contributed by atoms with van der Waals surface area (Å²) in [6, 6.07) is 66.3. The van der Waals surface area contributed by atoms with Crippen molar-refractivity contribution < 1.29 is 9.15 Å². The van der Waals surface area contributed by atoms with E-state index in [-0.39, 0.29) is 33.8 Å². The molecule has 0 N–H and O–H groups in total. The summed E-state index contributed by atoms with van der Waals surface area (Å²) in [4.78, 5) is 4.83. The first-order chi connectivity index (χ1) is 37.8. The molecule has 5 nitrogen and oxygen atoms in total. The van der Waals surface area contributed by atoms with Gasteiger partial charge in [0.25, 0.3) is 6.71 Å². The smallest absolute Gasteiger partial charge is 0.256 e. The van der Waals surface area contributed by atoms with Gasteiger partial charge < -0.3 is 23.5 Å². The predicted octanol–water partition coefficient (Wildman–Crippen LogP) is 19.0. The SMILES string of the molecule is CC(C)(C)c1ccc(N(c2ccc(C(C)(C)C)cc2)c2ccc3c(c2)Oc2cccc4c2B3c2cc(-n3c5ccc(C(C)(C)C)cc5c5cc(C(C)(C)C)ccc53)c3c(oc5ccccc53)c2N4c2ccc(C(C)(C)C)cc2)cc1. The van der Waals surface area contributed by atoms with Crippen LogP contribution < -0.4 is 30.9 Å². The molecule has 9 aromatic carbocycles. The summed E-state index contributed by atoms with van der Waals surface area (Å²) in [7, 11) is 0. The van der Waals surface area contributed by atoms with Gasteiger partial charge in [0.2, 0.25) is 0 Å². The van der Waals surface area contributed by atoms with Gasteiger partial charge in [-0.3, -0.25) is 0 Å². The summed E-state index contributed by atoms with van der Waals surface area (Å²) >= 11 is 0. The van der Waals surface area contributed by atoms with Crippen molar-refractivity contribution in [3.8, 4) is 17.2 Å². The molecule has 13 rings (SSSR count). The number of anilines is 6.